The molecule has 0 saturated heterocycles. The fourth-order valence-corrected chi connectivity index (χ4v) is 2.90. The van der Waals surface area contributed by atoms with Gasteiger partial charge in [0.15, 0.2) is 5.69 Å². The molecule has 0 unspecified atom stereocenters. The van der Waals surface area contributed by atoms with Crippen LogP contribution in [0.15, 0.2) is 42.5 Å². The number of hydrogen-bond donors (Lipinski definition) is 2. The quantitative estimate of drug-likeness (QED) is 0.742. The Hall–Kier alpha value is -3.15. The molecule has 1 aromatic heterocycles. The highest BCUT2D eigenvalue weighted by Crippen LogP contribution is 2.19. The van der Waals surface area contributed by atoms with E-state index in [1.54, 1.807) is 7.05 Å². The van der Waals surface area contributed by atoms with Gasteiger partial charge in [0.2, 0.25) is 5.91 Å². The molecule has 0 bridgehead atoms. The fraction of sp³-hybridized carbons (Fsp3) is 0.250. The van der Waals surface area contributed by atoms with Crippen LogP contribution in [0.3, 0.4) is 0 Å². The zero-order valence-electron chi connectivity index (χ0n) is 15.2. The van der Waals surface area contributed by atoms with Crippen LogP contribution in [0.2, 0.25) is 0 Å². The molecule has 6 nitrogen and oxygen atoms in total. The van der Waals surface area contributed by atoms with E-state index in [1.165, 1.54) is 4.90 Å². The van der Waals surface area contributed by atoms with Crippen molar-refractivity contribution in [3.8, 4) is 0 Å². The molecule has 0 aliphatic rings. The minimum Gasteiger partial charge on any atom is -0.331 e. The first-order valence-corrected chi connectivity index (χ1v) is 8.57. The lowest BCUT2D eigenvalue weighted by atomic mass is 10.1. The molecule has 6 heteroatoms. The normalized spacial score (nSPS) is 10.7. The number of aromatic nitrogens is 2. The van der Waals surface area contributed by atoms with Crippen LogP contribution < -0.4 is 5.32 Å². The molecule has 134 valence electrons. The topological polar surface area (TPSA) is 78.1 Å². The van der Waals surface area contributed by atoms with Gasteiger partial charge in [0, 0.05) is 18.1 Å². The number of amides is 2. The van der Waals surface area contributed by atoms with Crippen LogP contribution in [0, 0.1) is 6.92 Å². The predicted molar refractivity (Wildman–Crippen MR) is 102 cm³/mol. The second-order valence-electron chi connectivity index (χ2n) is 6.34. The lowest BCUT2D eigenvalue weighted by Gasteiger charge is -2.17. The number of rotatable bonds is 5. The monoisotopic (exact) mass is 350 g/mol. The molecular formula is C20H22N4O2. The smallest absolute Gasteiger partial charge is 0.275 e. The van der Waals surface area contributed by atoms with Crippen molar-refractivity contribution in [1.29, 1.82) is 0 Å². The Labute approximate surface area is 152 Å². The summed E-state index contributed by atoms with van der Waals surface area (Å²) >= 11 is 0. The van der Waals surface area contributed by atoms with Gasteiger partial charge in [0.05, 0.1) is 12.1 Å². The largest absolute Gasteiger partial charge is 0.331 e. The number of carbonyl (C=O) groups excluding carboxylic acids is 2. The standard InChI is InChI=1S/C20H22N4O2/c1-4-14-7-5-6-8-16(14)21-18(25)12-24(3)20(26)19-15-11-13(2)9-10-17(15)22-23-19/h5-11H,4,12H2,1-3H3,(H,21,25)(H,22,23). The zero-order valence-corrected chi connectivity index (χ0v) is 15.2. The maximum absolute atomic E-state index is 12.7. The third kappa shape index (κ3) is 3.59. The summed E-state index contributed by atoms with van der Waals surface area (Å²) in [4.78, 5) is 26.4. The van der Waals surface area contributed by atoms with Gasteiger partial charge in [-0.3, -0.25) is 14.7 Å². The van der Waals surface area contributed by atoms with Crippen LogP contribution in [0.25, 0.3) is 10.9 Å². The summed E-state index contributed by atoms with van der Waals surface area (Å²) in [6, 6.07) is 13.4. The van der Waals surface area contributed by atoms with Gasteiger partial charge >= 0.3 is 0 Å². The lowest BCUT2D eigenvalue weighted by molar-refractivity contribution is -0.116. The number of para-hydroxylation sites is 1. The third-order valence-electron chi connectivity index (χ3n) is 4.32. The lowest BCUT2D eigenvalue weighted by Crippen LogP contribution is -2.35. The minimum atomic E-state index is -0.291. The Balaban J connectivity index is 1.72. The summed E-state index contributed by atoms with van der Waals surface area (Å²) in [6.07, 6.45) is 0.823. The van der Waals surface area contributed by atoms with Gasteiger partial charge in [0.1, 0.15) is 0 Å². The minimum absolute atomic E-state index is 0.0446. The highest BCUT2D eigenvalue weighted by molar-refractivity contribution is 6.06. The van der Waals surface area contributed by atoms with Crippen LogP contribution in [0.4, 0.5) is 5.69 Å². The van der Waals surface area contributed by atoms with Crippen molar-refractivity contribution in [3.63, 3.8) is 0 Å². The number of nitrogens with zero attached hydrogens (tertiary/aromatic N) is 2. The molecule has 26 heavy (non-hydrogen) atoms. The Morgan fingerprint density at radius 3 is 2.73 bits per heavy atom. The van der Waals surface area contributed by atoms with Crippen molar-refractivity contribution >= 4 is 28.4 Å². The van der Waals surface area contributed by atoms with Gasteiger partial charge in [0.25, 0.3) is 5.91 Å². The van der Waals surface area contributed by atoms with Gasteiger partial charge in [-0.05, 0) is 37.1 Å². The van der Waals surface area contributed by atoms with Gasteiger partial charge in [-0.15, -0.1) is 0 Å². The molecule has 2 amide bonds. The number of hydrogen-bond acceptors (Lipinski definition) is 3. The molecular weight excluding hydrogens is 328 g/mol. The van der Waals surface area contributed by atoms with E-state index in [4.69, 9.17) is 0 Å². The van der Waals surface area contributed by atoms with Crippen molar-refractivity contribution in [2.45, 2.75) is 20.3 Å². The number of benzene rings is 2. The van der Waals surface area contributed by atoms with E-state index in [1.807, 2.05) is 56.3 Å². The summed E-state index contributed by atoms with van der Waals surface area (Å²) in [5, 5.41) is 10.6. The molecule has 0 fully saturated rings. The molecule has 3 aromatic rings. The Kier molecular flexibility index (Phi) is 5.02. The first-order chi connectivity index (χ1) is 12.5. The highest BCUT2D eigenvalue weighted by Gasteiger charge is 2.20. The number of H-pyrrole nitrogens is 1. The Morgan fingerprint density at radius 2 is 1.96 bits per heavy atom. The SMILES string of the molecule is CCc1ccccc1NC(=O)CN(C)C(=O)c1n[nH]c2ccc(C)cc12. The molecule has 3 rings (SSSR count). The van der Waals surface area contributed by atoms with Crippen LogP contribution in [0.1, 0.15) is 28.5 Å². The summed E-state index contributed by atoms with van der Waals surface area (Å²) in [7, 11) is 1.60. The van der Waals surface area contributed by atoms with Crippen molar-refractivity contribution in [2.75, 3.05) is 18.9 Å². The summed E-state index contributed by atoms with van der Waals surface area (Å²) < 4.78 is 0. The molecule has 1 heterocycles. The van der Waals surface area contributed by atoms with E-state index in [9.17, 15) is 9.59 Å². The van der Waals surface area contributed by atoms with Crippen LogP contribution in [-0.2, 0) is 11.2 Å². The van der Waals surface area contributed by atoms with Gasteiger partial charge in [-0.25, -0.2) is 0 Å². The maximum Gasteiger partial charge on any atom is 0.275 e. The number of likely N-dealkylation sites (N-methyl/N-ethyl adjacent to an activating group) is 1. The second-order valence-corrected chi connectivity index (χ2v) is 6.34. The maximum atomic E-state index is 12.7. The molecule has 0 atom stereocenters. The van der Waals surface area contributed by atoms with E-state index in [0.29, 0.717) is 5.69 Å². The van der Waals surface area contributed by atoms with Crippen LogP contribution in [-0.4, -0.2) is 40.5 Å². The highest BCUT2D eigenvalue weighted by atomic mass is 16.2. The molecule has 0 aliphatic carbocycles. The average molecular weight is 350 g/mol. The first-order valence-electron chi connectivity index (χ1n) is 8.57. The predicted octanol–water partition coefficient (Wildman–Crippen LogP) is 3.14. The summed E-state index contributed by atoms with van der Waals surface area (Å²) in [6.45, 7) is 3.95. The molecule has 0 radical (unpaired) electrons. The number of fused-ring (bicyclic) bond motifs is 1. The third-order valence-corrected chi connectivity index (χ3v) is 4.32. The van der Waals surface area contributed by atoms with Crippen LogP contribution in [0.5, 0.6) is 0 Å². The van der Waals surface area contributed by atoms with Crippen molar-refractivity contribution in [2.24, 2.45) is 0 Å². The van der Waals surface area contributed by atoms with Gasteiger partial charge in [-0.1, -0.05) is 36.8 Å². The van der Waals surface area contributed by atoms with Crippen molar-refractivity contribution in [1.82, 2.24) is 15.1 Å². The van der Waals surface area contributed by atoms with Gasteiger partial charge < -0.3 is 10.2 Å². The number of carbonyl (C=O) groups is 2. The van der Waals surface area contributed by atoms with Crippen molar-refractivity contribution in [3.05, 3.63) is 59.3 Å². The van der Waals surface area contributed by atoms with E-state index in [0.717, 1.165) is 34.1 Å². The molecule has 0 saturated carbocycles. The summed E-state index contributed by atoms with van der Waals surface area (Å²) in [5.74, 6) is -0.529. The Bertz CT molecular complexity index is 961. The molecule has 0 spiro atoms. The van der Waals surface area contributed by atoms with E-state index in [2.05, 4.69) is 15.5 Å². The van der Waals surface area contributed by atoms with E-state index in [-0.39, 0.29) is 18.4 Å². The molecule has 2 N–H and O–H groups in total. The van der Waals surface area contributed by atoms with E-state index >= 15 is 0 Å². The average Bonchev–Trinajstić information content (AvgIpc) is 3.04. The Morgan fingerprint density at radius 1 is 1.19 bits per heavy atom. The first kappa shape index (κ1) is 17.7. The van der Waals surface area contributed by atoms with E-state index < -0.39 is 0 Å². The molecule has 2 aromatic carbocycles. The zero-order chi connectivity index (χ0) is 18.7. The number of nitrogens with one attached hydrogen (secondary N) is 2. The fourth-order valence-electron chi connectivity index (χ4n) is 2.90. The molecule has 0 aliphatic heterocycles. The number of aromatic amines is 1. The number of aryl methyl sites for hydroxylation is 2. The second kappa shape index (κ2) is 7.39. The van der Waals surface area contributed by atoms with Crippen molar-refractivity contribution < 1.29 is 9.59 Å². The number of anilines is 1. The van der Waals surface area contributed by atoms with Gasteiger partial charge in [-0.2, -0.15) is 5.10 Å². The summed E-state index contributed by atoms with van der Waals surface area (Å²) in [5.41, 5.74) is 4.01. The van der Waals surface area contributed by atoms with Crippen LogP contribution >= 0.6 is 0 Å².